The average Bonchev–Trinajstić information content (AvgIpc) is 3.04. The van der Waals surface area contributed by atoms with E-state index in [1.165, 1.54) is 55.5 Å². The Morgan fingerprint density at radius 2 is 1.96 bits per heavy atom. The molecule has 1 saturated heterocycles. The summed E-state index contributed by atoms with van der Waals surface area (Å²) in [6.07, 6.45) is 12.8. The Morgan fingerprint density at radius 1 is 1.17 bits per heavy atom. The largest absolute Gasteiger partial charge is 0.334 e. The Bertz CT molecular complexity index is 605. The van der Waals surface area contributed by atoms with Crippen molar-refractivity contribution in [2.24, 2.45) is 13.0 Å². The molecule has 0 aromatic carbocycles. The number of likely N-dealkylation sites (tertiary alicyclic amines) is 1. The van der Waals surface area contributed by atoms with Gasteiger partial charge in [-0.05, 0) is 31.6 Å². The van der Waals surface area contributed by atoms with Crippen LogP contribution in [0.4, 0.5) is 0 Å². The molecule has 1 aromatic heterocycles. The predicted molar refractivity (Wildman–Crippen MR) is 89.3 cm³/mol. The van der Waals surface area contributed by atoms with Crippen LogP contribution in [0.1, 0.15) is 68.3 Å². The van der Waals surface area contributed by atoms with Gasteiger partial charge in [0.2, 0.25) is 0 Å². The summed E-state index contributed by atoms with van der Waals surface area (Å²) >= 11 is 0. The number of hydrogen-bond acceptors (Lipinski definition) is 3. The molecule has 1 saturated carbocycles. The van der Waals surface area contributed by atoms with Crippen LogP contribution >= 0.6 is 0 Å². The zero-order valence-corrected chi connectivity index (χ0v) is 14.0. The third kappa shape index (κ3) is 3.82. The van der Waals surface area contributed by atoms with E-state index in [0.29, 0.717) is 6.04 Å². The van der Waals surface area contributed by atoms with Crippen LogP contribution in [-0.2, 0) is 7.05 Å². The Kier molecular flexibility index (Phi) is 5.13. The highest BCUT2D eigenvalue weighted by Gasteiger charge is 2.30. The molecule has 23 heavy (non-hydrogen) atoms. The van der Waals surface area contributed by atoms with E-state index in [4.69, 9.17) is 0 Å². The van der Waals surface area contributed by atoms with Gasteiger partial charge in [0, 0.05) is 25.7 Å². The minimum absolute atomic E-state index is 0.0751. The lowest BCUT2D eigenvalue weighted by Crippen LogP contribution is -2.37. The van der Waals surface area contributed by atoms with Crippen molar-refractivity contribution in [3.05, 3.63) is 28.4 Å². The SMILES string of the molecule is Cn1cnc(C(=O)N2CCCC2CCC2CCCCC2)cc1=O. The van der Waals surface area contributed by atoms with Crippen LogP contribution < -0.4 is 5.56 Å². The highest BCUT2D eigenvalue weighted by atomic mass is 16.2. The fraction of sp³-hybridized carbons (Fsp3) is 0.722. The molecule has 2 aliphatic rings. The van der Waals surface area contributed by atoms with E-state index in [1.54, 1.807) is 7.05 Å². The van der Waals surface area contributed by atoms with Gasteiger partial charge >= 0.3 is 0 Å². The molecule has 0 radical (unpaired) electrons. The first-order valence-corrected chi connectivity index (χ1v) is 8.99. The van der Waals surface area contributed by atoms with Crippen molar-refractivity contribution in [1.29, 1.82) is 0 Å². The van der Waals surface area contributed by atoms with Gasteiger partial charge < -0.3 is 9.47 Å². The maximum absolute atomic E-state index is 12.7. The molecule has 2 fully saturated rings. The second kappa shape index (κ2) is 7.28. The van der Waals surface area contributed by atoms with E-state index in [1.807, 2.05) is 4.90 Å². The van der Waals surface area contributed by atoms with Crippen LogP contribution in [0, 0.1) is 5.92 Å². The van der Waals surface area contributed by atoms with Gasteiger partial charge in [-0.2, -0.15) is 0 Å². The van der Waals surface area contributed by atoms with Gasteiger partial charge in [-0.25, -0.2) is 4.98 Å². The van der Waals surface area contributed by atoms with Crippen molar-refractivity contribution in [3.8, 4) is 0 Å². The van der Waals surface area contributed by atoms with E-state index in [0.717, 1.165) is 31.7 Å². The monoisotopic (exact) mass is 317 g/mol. The second-order valence-corrected chi connectivity index (χ2v) is 7.10. The molecule has 126 valence electrons. The normalized spacial score (nSPS) is 22.5. The van der Waals surface area contributed by atoms with Crippen molar-refractivity contribution in [2.45, 2.75) is 63.8 Å². The predicted octanol–water partition coefficient (Wildman–Crippen LogP) is 2.75. The first-order valence-electron chi connectivity index (χ1n) is 8.99. The zero-order valence-electron chi connectivity index (χ0n) is 14.0. The first-order chi connectivity index (χ1) is 11.1. The minimum atomic E-state index is -0.179. The smallest absolute Gasteiger partial charge is 0.272 e. The number of carbonyl (C=O) groups excluding carboxylic acids is 1. The summed E-state index contributed by atoms with van der Waals surface area (Å²) in [6, 6.07) is 1.69. The van der Waals surface area contributed by atoms with Crippen LogP contribution in [0.3, 0.4) is 0 Å². The number of aromatic nitrogens is 2. The lowest BCUT2D eigenvalue weighted by Gasteiger charge is -2.27. The summed E-state index contributed by atoms with van der Waals surface area (Å²) in [5.41, 5.74) is 0.110. The third-order valence-corrected chi connectivity index (χ3v) is 5.47. The molecule has 3 rings (SSSR count). The van der Waals surface area contributed by atoms with Crippen molar-refractivity contribution in [3.63, 3.8) is 0 Å². The molecule has 0 bridgehead atoms. The number of hydrogen-bond donors (Lipinski definition) is 0. The molecule has 1 aromatic rings. The van der Waals surface area contributed by atoms with Gasteiger partial charge in [0.05, 0.1) is 6.33 Å². The molecular weight excluding hydrogens is 290 g/mol. The molecule has 1 amide bonds. The van der Waals surface area contributed by atoms with Crippen LogP contribution in [0.25, 0.3) is 0 Å². The molecule has 1 aliphatic carbocycles. The maximum atomic E-state index is 12.7. The van der Waals surface area contributed by atoms with Gasteiger partial charge in [-0.3, -0.25) is 9.59 Å². The fourth-order valence-electron chi connectivity index (χ4n) is 4.03. The summed E-state index contributed by atoms with van der Waals surface area (Å²) < 4.78 is 1.39. The lowest BCUT2D eigenvalue weighted by atomic mass is 9.85. The Hall–Kier alpha value is -1.65. The van der Waals surface area contributed by atoms with E-state index in [9.17, 15) is 9.59 Å². The molecule has 1 atom stereocenters. The summed E-state index contributed by atoms with van der Waals surface area (Å²) in [5.74, 6) is 0.775. The molecule has 1 aliphatic heterocycles. The molecule has 0 spiro atoms. The van der Waals surface area contributed by atoms with Gasteiger partial charge in [0.15, 0.2) is 0 Å². The van der Waals surface area contributed by atoms with Crippen LogP contribution in [-0.4, -0.2) is 32.9 Å². The highest BCUT2D eigenvalue weighted by Crippen LogP contribution is 2.31. The van der Waals surface area contributed by atoms with E-state index >= 15 is 0 Å². The van der Waals surface area contributed by atoms with Crippen molar-refractivity contribution in [2.75, 3.05) is 6.54 Å². The van der Waals surface area contributed by atoms with E-state index in [2.05, 4.69) is 4.98 Å². The molecule has 0 N–H and O–H groups in total. The minimum Gasteiger partial charge on any atom is -0.334 e. The summed E-state index contributed by atoms with van der Waals surface area (Å²) in [7, 11) is 1.65. The quantitative estimate of drug-likeness (QED) is 0.858. The van der Waals surface area contributed by atoms with E-state index < -0.39 is 0 Å². The highest BCUT2D eigenvalue weighted by molar-refractivity contribution is 5.92. The molecule has 2 heterocycles. The molecule has 5 nitrogen and oxygen atoms in total. The topological polar surface area (TPSA) is 55.2 Å². The third-order valence-electron chi connectivity index (χ3n) is 5.47. The lowest BCUT2D eigenvalue weighted by molar-refractivity contribution is 0.0717. The van der Waals surface area contributed by atoms with Gasteiger partial charge in [-0.15, -0.1) is 0 Å². The van der Waals surface area contributed by atoms with Crippen molar-refractivity contribution in [1.82, 2.24) is 14.5 Å². The van der Waals surface area contributed by atoms with Gasteiger partial charge in [0.25, 0.3) is 11.5 Å². The number of amides is 1. The molecular formula is C18H27N3O2. The first kappa shape index (κ1) is 16.2. The number of aryl methyl sites for hydroxylation is 1. The number of carbonyl (C=O) groups is 1. The van der Waals surface area contributed by atoms with E-state index in [-0.39, 0.29) is 17.2 Å². The fourth-order valence-corrected chi connectivity index (χ4v) is 4.03. The van der Waals surface area contributed by atoms with Gasteiger partial charge in [0.1, 0.15) is 5.69 Å². The van der Waals surface area contributed by atoms with Crippen LogP contribution in [0.5, 0.6) is 0 Å². The number of rotatable bonds is 4. The van der Waals surface area contributed by atoms with Crippen LogP contribution in [0.2, 0.25) is 0 Å². The standard InChI is InChI=1S/C18H27N3O2/c1-20-13-19-16(12-17(20)22)18(23)21-11-5-8-15(21)10-9-14-6-3-2-4-7-14/h12-15H,2-11H2,1H3. The number of nitrogens with zero attached hydrogens (tertiary/aromatic N) is 3. The molecule has 5 heteroatoms. The summed E-state index contributed by atoms with van der Waals surface area (Å²) in [5, 5.41) is 0. The maximum Gasteiger partial charge on any atom is 0.272 e. The van der Waals surface area contributed by atoms with Gasteiger partial charge in [-0.1, -0.05) is 32.1 Å². The summed E-state index contributed by atoms with van der Waals surface area (Å²) in [4.78, 5) is 30.5. The Balaban J connectivity index is 1.62. The zero-order chi connectivity index (χ0) is 16.2. The van der Waals surface area contributed by atoms with Crippen LogP contribution in [0.15, 0.2) is 17.2 Å². The Labute approximate surface area is 137 Å². The average molecular weight is 317 g/mol. The van der Waals surface area contributed by atoms with Crippen molar-refractivity contribution < 1.29 is 4.79 Å². The summed E-state index contributed by atoms with van der Waals surface area (Å²) in [6.45, 7) is 0.797. The Morgan fingerprint density at radius 3 is 2.70 bits per heavy atom. The molecule has 1 unspecified atom stereocenters. The second-order valence-electron chi connectivity index (χ2n) is 7.10. The van der Waals surface area contributed by atoms with Crippen molar-refractivity contribution >= 4 is 5.91 Å².